The number of halogens is 2. The van der Waals surface area contributed by atoms with Gasteiger partial charge in [-0.2, -0.15) is 0 Å². The molecular weight excluding hydrogens is 309 g/mol. The molecule has 0 aliphatic carbocycles. The molecular formula is C15H23BrFNO. The first-order valence-electron chi connectivity index (χ1n) is 6.77. The Morgan fingerprint density at radius 3 is 2.74 bits per heavy atom. The van der Waals surface area contributed by atoms with E-state index >= 15 is 0 Å². The number of hydrogen-bond donors (Lipinski definition) is 1. The molecule has 0 heterocycles. The normalized spacial score (nSPS) is 14.4. The Morgan fingerprint density at radius 2 is 2.16 bits per heavy atom. The summed E-state index contributed by atoms with van der Waals surface area (Å²) in [6, 6.07) is 5.31. The Hall–Kier alpha value is -0.450. The quantitative estimate of drug-likeness (QED) is 0.766. The zero-order chi connectivity index (χ0) is 14.3. The number of rotatable bonds is 8. The molecule has 1 rings (SSSR count). The summed E-state index contributed by atoms with van der Waals surface area (Å²) in [5.41, 5.74) is 0.736. The van der Waals surface area contributed by atoms with Crippen LogP contribution in [0, 0.1) is 11.7 Å². The maximum absolute atomic E-state index is 14.1. The van der Waals surface area contributed by atoms with E-state index in [1.807, 2.05) is 12.1 Å². The van der Waals surface area contributed by atoms with Gasteiger partial charge in [-0.3, -0.25) is 0 Å². The van der Waals surface area contributed by atoms with Crippen LogP contribution in [0.25, 0.3) is 0 Å². The molecule has 0 fully saturated rings. The summed E-state index contributed by atoms with van der Waals surface area (Å²) in [6.45, 7) is 5.83. The highest BCUT2D eigenvalue weighted by Crippen LogP contribution is 2.28. The molecule has 0 aliphatic heterocycles. The predicted octanol–water partition coefficient (Wildman–Crippen LogP) is 4.30. The molecule has 2 unspecified atom stereocenters. The van der Waals surface area contributed by atoms with Gasteiger partial charge in [0.05, 0.1) is 0 Å². The Morgan fingerprint density at radius 1 is 1.42 bits per heavy atom. The maximum atomic E-state index is 14.1. The van der Waals surface area contributed by atoms with E-state index in [1.54, 1.807) is 7.11 Å². The summed E-state index contributed by atoms with van der Waals surface area (Å²) in [7, 11) is 1.70. The van der Waals surface area contributed by atoms with Gasteiger partial charge in [0.25, 0.3) is 0 Å². The van der Waals surface area contributed by atoms with Crippen LogP contribution in [0.2, 0.25) is 0 Å². The van der Waals surface area contributed by atoms with Gasteiger partial charge in [-0.1, -0.05) is 35.8 Å². The lowest BCUT2D eigenvalue weighted by atomic mass is 9.91. The van der Waals surface area contributed by atoms with Gasteiger partial charge in [-0.25, -0.2) is 4.39 Å². The number of ether oxygens (including phenoxy) is 1. The van der Waals surface area contributed by atoms with Crippen molar-refractivity contribution in [2.75, 3.05) is 20.3 Å². The van der Waals surface area contributed by atoms with Gasteiger partial charge in [-0.05, 0) is 37.4 Å². The van der Waals surface area contributed by atoms with Crippen LogP contribution < -0.4 is 5.32 Å². The third-order valence-corrected chi connectivity index (χ3v) is 3.75. The van der Waals surface area contributed by atoms with Crippen molar-refractivity contribution in [1.29, 1.82) is 0 Å². The Bertz CT molecular complexity index is 386. The predicted molar refractivity (Wildman–Crippen MR) is 80.8 cm³/mol. The minimum absolute atomic E-state index is 0.0307. The van der Waals surface area contributed by atoms with Crippen molar-refractivity contribution in [2.24, 2.45) is 5.92 Å². The molecule has 1 aromatic carbocycles. The first kappa shape index (κ1) is 16.6. The maximum Gasteiger partial charge on any atom is 0.129 e. The van der Waals surface area contributed by atoms with Crippen molar-refractivity contribution in [2.45, 2.75) is 32.7 Å². The Kier molecular flexibility index (Phi) is 7.57. The van der Waals surface area contributed by atoms with Crippen LogP contribution in [-0.2, 0) is 4.74 Å². The molecule has 0 aromatic heterocycles. The number of hydrogen-bond acceptors (Lipinski definition) is 2. The number of benzene rings is 1. The summed E-state index contributed by atoms with van der Waals surface area (Å²) in [4.78, 5) is 0. The third kappa shape index (κ3) is 5.21. The zero-order valence-corrected chi connectivity index (χ0v) is 13.5. The molecule has 0 spiro atoms. The van der Waals surface area contributed by atoms with E-state index in [1.165, 1.54) is 6.07 Å². The largest absolute Gasteiger partial charge is 0.385 e. The molecule has 0 radical (unpaired) electrons. The highest BCUT2D eigenvalue weighted by Gasteiger charge is 2.21. The fraction of sp³-hybridized carbons (Fsp3) is 0.600. The SMILES string of the molecule is CCCNC(c1ccc(Br)cc1F)C(C)CCOC. The molecule has 0 amide bonds. The van der Waals surface area contributed by atoms with Crippen LogP contribution in [0.4, 0.5) is 4.39 Å². The lowest BCUT2D eigenvalue weighted by Gasteiger charge is -2.26. The van der Waals surface area contributed by atoms with Crippen LogP contribution in [-0.4, -0.2) is 20.3 Å². The van der Waals surface area contributed by atoms with Crippen LogP contribution in [0.1, 0.15) is 38.3 Å². The van der Waals surface area contributed by atoms with Gasteiger partial charge in [-0.15, -0.1) is 0 Å². The van der Waals surface area contributed by atoms with Crippen LogP contribution in [0.15, 0.2) is 22.7 Å². The second-order valence-electron chi connectivity index (χ2n) is 4.86. The number of nitrogens with one attached hydrogen (secondary N) is 1. The third-order valence-electron chi connectivity index (χ3n) is 3.26. The van der Waals surface area contributed by atoms with E-state index in [-0.39, 0.29) is 11.9 Å². The van der Waals surface area contributed by atoms with E-state index in [0.717, 1.165) is 29.4 Å². The molecule has 0 saturated heterocycles. The van der Waals surface area contributed by atoms with E-state index < -0.39 is 0 Å². The lowest BCUT2D eigenvalue weighted by Crippen LogP contribution is -2.29. The van der Waals surface area contributed by atoms with Crippen LogP contribution >= 0.6 is 15.9 Å². The van der Waals surface area contributed by atoms with E-state index in [2.05, 4.69) is 35.1 Å². The van der Waals surface area contributed by atoms with Crippen molar-refractivity contribution in [3.8, 4) is 0 Å². The van der Waals surface area contributed by atoms with Crippen molar-refractivity contribution >= 4 is 15.9 Å². The van der Waals surface area contributed by atoms with E-state index in [4.69, 9.17) is 4.74 Å². The van der Waals surface area contributed by atoms with Gasteiger partial charge >= 0.3 is 0 Å². The summed E-state index contributed by atoms with van der Waals surface area (Å²) in [5, 5.41) is 3.44. The molecule has 4 heteroatoms. The molecule has 0 bridgehead atoms. The Labute approximate surface area is 123 Å². The molecule has 2 nitrogen and oxygen atoms in total. The summed E-state index contributed by atoms with van der Waals surface area (Å²) >= 11 is 3.30. The second kappa shape index (κ2) is 8.67. The summed E-state index contributed by atoms with van der Waals surface area (Å²) in [6.07, 6.45) is 1.94. The standard InChI is InChI=1S/C15H23BrFNO/c1-4-8-18-15(11(2)7-9-19-3)13-6-5-12(16)10-14(13)17/h5-6,10-11,15,18H,4,7-9H2,1-3H3. The monoisotopic (exact) mass is 331 g/mol. The molecule has 108 valence electrons. The Balaban J connectivity index is 2.88. The van der Waals surface area contributed by atoms with Gasteiger partial charge in [0, 0.05) is 29.8 Å². The van der Waals surface area contributed by atoms with Crippen molar-refractivity contribution in [3.05, 3.63) is 34.1 Å². The molecule has 0 aliphatic rings. The second-order valence-corrected chi connectivity index (χ2v) is 5.77. The molecule has 1 aromatic rings. The highest BCUT2D eigenvalue weighted by molar-refractivity contribution is 9.10. The molecule has 1 N–H and O–H groups in total. The first-order valence-corrected chi connectivity index (χ1v) is 7.56. The van der Waals surface area contributed by atoms with Gasteiger partial charge in [0.1, 0.15) is 5.82 Å². The average molecular weight is 332 g/mol. The van der Waals surface area contributed by atoms with E-state index in [0.29, 0.717) is 12.5 Å². The molecule has 0 saturated carbocycles. The first-order chi connectivity index (χ1) is 9.10. The minimum Gasteiger partial charge on any atom is -0.385 e. The van der Waals surface area contributed by atoms with Gasteiger partial charge in [0.15, 0.2) is 0 Å². The molecule has 19 heavy (non-hydrogen) atoms. The zero-order valence-electron chi connectivity index (χ0n) is 11.9. The van der Waals surface area contributed by atoms with Crippen molar-refractivity contribution in [3.63, 3.8) is 0 Å². The smallest absolute Gasteiger partial charge is 0.129 e. The molecule has 2 atom stereocenters. The van der Waals surface area contributed by atoms with Gasteiger partial charge in [0.2, 0.25) is 0 Å². The average Bonchev–Trinajstić information content (AvgIpc) is 2.38. The minimum atomic E-state index is -0.160. The van der Waals surface area contributed by atoms with Crippen LogP contribution in [0.5, 0.6) is 0 Å². The number of methoxy groups -OCH3 is 1. The summed E-state index contributed by atoms with van der Waals surface area (Å²) < 4.78 is 20.0. The fourth-order valence-electron chi connectivity index (χ4n) is 2.14. The van der Waals surface area contributed by atoms with Gasteiger partial charge < -0.3 is 10.1 Å². The lowest BCUT2D eigenvalue weighted by molar-refractivity contribution is 0.169. The van der Waals surface area contributed by atoms with E-state index in [9.17, 15) is 4.39 Å². The highest BCUT2D eigenvalue weighted by atomic mass is 79.9. The van der Waals surface area contributed by atoms with Crippen molar-refractivity contribution < 1.29 is 9.13 Å². The van der Waals surface area contributed by atoms with Crippen molar-refractivity contribution in [1.82, 2.24) is 5.32 Å². The fourth-order valence-corrected chi connectivity index (χ4v) is 2.47. The van der Waals surface area contributed by atoms with Crippen LogP contribution in [0.3, 0.4) is 0 Å². The summed E-state index contributed by atoms with van der Waals surface area (Å²) in [5.74, 6) is 0.162. The topological polar surface area (TPSA) is 21.3 Å².